The summed E-state index contributed by atoms with van der Waals surface area (Å²) in [6, 6.07) is 15.6. The van der Waals surface area contributed by atoms with Crippen LogP contribution in [-0.4, -0.2) is 29.0 Å². The number of nitrogens with one attached hydrogen (secondary N) is 1. The van der Waals surface area contributed by atoms with Gasteiger partial charge in [-0.3, -0.25) is 9.59 Å². The predicted molar refractivity (Wildman–Crippen MR) is 100.0 cm³/mol. The van der Waals surface area contributed by atoms with Gasteiger partial charge in [0.1, 0.15) is 5.71 Å². The van der Waals surface area contributed by atoms with Crippen LogP contribution in [0, 0.1) is 0 Å². The van der Waals surface area contributed by atoms with E-state index >= 15 is 0 Å². The molecule has 0 fully saturated rings. The van der Waals surface area contributed by atoms with Crippen molar-refractivity contribution in [2.24, 2.45) is 5.10 Å². The third-order valence-corrected chi connectivity index (χ3v) is 5.10. The highest BCUT2D eigenvalue weighted by Crippen LogP contribution is 2.36. The van der Waals surface area contributed by atoms with E-state index < -0.39 is 0 Å². The second-order valence-corrected chi connectivity index (χ2v) is 6.93. The molecule has 2 heterocycles. The van der Waals surface area contributed by atoms with Crippen molar-refractivity contribution >= 4 is 29.1 Å². The summed E-state index contributed by atoms with van der Waals surface area (Å²) in [4.78, 5) is 26.3. The van der Waals surface area contributed by atoms with Crippen molar-refractivity contribution < 1.29 is 9.59 Å². The van der Waals surface area contributed by atoms with Crippen molar-refractivity contribution in [3.63, 3.8) is 0 Å². The van der Waals surface area contributed by atoms with Gasteiger partial charge in [0.05, 0.1) is 6.04 Å². The first-order chi connectivity index (χ1) is 12.6. The van der Waals surface area contributed by atoms with Crippen LogP contribution in [0.2, 0.25) is 5.02 Å². The Morgan fingerprint density at radius 1 is 1.12 bits per heavy atom. The maximum atomic E-state index is 13.1. The number of fused-ring (bicyclic) bond motifs is 1. The van der Waals surface area contributed by atoms with Crippen LogP contribution >= 0.6 is 11.6 Å². The predicted octanol–water partition coefficient (Wildman–Crippen LogP) is 3.08. The van der Waals surface area contributed by atoms with Gasteiger partial charge in [0, 0.05) is 24.4 Å². The molecule has 2 aromatic rings. The fraction of sp³-hybridized carbons (Fsp3) is 0.250. The number of carbonyl (C=O) groups is 2. The van der Waals surface area contributed by atoms with Crippen molar-refractivity contribution in [2.75, 3.05) is 6.54 Å². The minimum atomic E-state index is -0.216. The Morgan fingerprint density at radius 2 is 1.96 bits per heavy atom. The molecule has 0 saturated carbocycles. The summed E-state index contributed by atoms with van der Waals surface area (Å²) in [6.45, 7) is 0.597. The van der Waals surface area contributed by atoms with E-state index in [0.717, 1.165) is 17.5 Å². The number of rotatable bonds is 2. The highest BCUT2D eigenvalue weighted by Gasteiger charge is 2.34. The lowest BCUT2D eigenvalue weighted by molar-refractivity contribution is -0.126. The highest BCUT2D eigenvalue weighted by molar-refractivity contribution is 6.39. The molecule has 1 atom stereocenters. The maximum Gasteiger partial charge on any atom is 0.270 e. The quantitative estimate of drug-likeness (QED) is 0.886. The molecule has 2 aliphatic rings. The van der Waals surface area contributed by atoms with Crippen LogP contribution in [0.1, 0.15) is 35.6 Å². The first-order valence-corrected chi connectivity index (χ1v) is 9.01. The molecule has 0 spiro atoms. The molecule has 6 heteroatoms. The first-order valence-electron chi connectivity index (χ1n) is 8.63. The molecule has 0 radical (unpaired) electrons. The molecular weight excluding hydrogens is 350 g/mol. The molecule has 5 nitrogen and oxygen atoms in total. The lowest BCUT2D eigenvalue weighted by atomic mass is 9.87. The highest BCUT2D eigenvalue weighted by atomic mass is 35.5. The number of amides is 2. The lowest BCUT2D eigenvalue weighted by Gasteiger charge is -2.38. The summed E-state index contributed by atoms with van der Waals surface area (Å²) in [5.74, 6) is -0.290. The number of halogens is 1. The van der Waals surface area contributed by atoms with Crippen LogP contribution in [0.3, 0.4) is 0 Å². The van der Waals surface area contributed by atoms with Gasteiger partial charge in [-0.2, -0.15) is 5.10 Å². The summed E-state index contributed by atoms with van der Waals surface area (Å²) < 4.78 is 0. The molecule has 1 unspecified atom stereocenters. The number of nitrogens with zero attached hydrogens (tertiary/aromatic N) is 2. The van der Waals surface area contributed by atoms with Crippen LogP contribution in [0.5, 0.6) is 0 Å². The molecule has 0 saturated heterocycles. The monoisotopic (exact) mass is 367 g/mol. The molecule has 132 valence electrons. The van der Waals surface area contributed by atoms with Crippen molar-refractivity contribution in [3.8, 4) is 0 Å². The van der Waals surface area contributed by atoms with Crippen LogP contribution in [0.4, 0.5) is 0 Å². The summed E-state index contributed by atoms with van der Waals surface area (Å²) in [7, 11) is 0. The first kappa shape index (κ1) is 16.8. The average Bonchev–Trinajstić information content (AvgIpc) is 2.67. The van der Waals surface area contributed by atoms with Crippen LogP contribution in [0.15, 0.2) is 53.6 Å². The lowest BCUT2D eigenvalue weighted by Crippen LogP contribution is -2.45. The molecule has 0 bridgehead atoms. The zero-order chi connectivity index (χ0) is 18.1. The molecular formula is C20H18ClN3O2. The van der Waals surface area contributed by atoms with E-state index in [-0.39, 0.29) is 24.3 Å². The Balaban J connectivity index is 1.76. The van der Waals surface area contributed by atoms with Crippen LogP contribution in [-0.2, 0) is 16.0 Å². The van der Waals surface area contributed by atoms with Gasteiger partial charge in [0.2, 0.25) is 5.91 Å². The standard InChI is InChI=1S/C20H18ClN3O2/c21-15-6-3-5-14(12-15)19-16-7-2-1-4-13(16)10-11-24(19)20(26)17-8-9-18(25)23-22-17/h1-7,12,19H,8-11H2,(H,23,25). The van der Waals surface area contributed by atoms with Gasteiger partial charge in [-0.15, -0.1) is 0 Å². The Hall–Kier alpha value is -2.66. The Morgan fingerprint density at radius 3 is 2.73 bits per heavy atom. The van der Waals surface area contributed by atoms with E-state index in [2.05, 4.69) is 22.7 Å². The fourth-order valence-corrected chi connectivity index (χ4v) is 3.81. The van der Waals surface area contributed by atoms with Gasteiger partial charge >= 0.3 is 0 Å². The van der Waals surface area contributed by atoms with E-state index in [9.17, 15) is 9.59 Å². The zero-order valence-electron chi connectivity index (χ0n) is 14.1. The molecule has 2 amide bonds. The van der Waals surface area contributed by atoms with E-state index in [4.69, 9.17) is 11.6 Å². The van der Waals surface area contributed by atoms with E-state index in [1.165, 1.54) is 5.56 Å². The smallest absolute Gasteiger partial charge is 0.270 e. The van der Waals surface area contributed by atoms with Gasteiger partial charge in [-0.05, 0) is 35.2 Å². The zero-order valence-corrected chi connectivity index (χ0v) is 14.9. The van der Waals surface area contributed by atoms with Crippen molar-refractivity contribution in [2.45, 2.75) is 25.3 Å². The van der Waals surface area contributed by atoms with E-state index in [1.807, 2.05) is 41.3 Å². The van der Waals surface area contributed by atoms with Crippen molar-refractivity contribution in [3.05, 3.63) is 70.2 Å². The summed E-state index contributed by atoms with van der Waals surface area (Å²) in [6.07, 6.45) is 1.44. The molecule has 2 aliphatic heterocycles. The number of hydrazone groups is 1. The van der Waals surface area contributed by atoms with Crippen LogP contribution < -0.4 is 5.43 Å². The maximum absolute atomic E-state index is 13.1. The Kier molecular flexibility index (Phi) is 4.47. The summed E-state index contributed by atoms with van der Waals surface area (Å²) >= 11 is 6.21. The molecule has 0 aromatic heterocycles. The topological polar surface area (TPSA) is 61.8 Å². The molecule has 0 aliphatic carbocycles. The van der Waals surface area contributed by atoms with Crippen LogP contribution in [0.25, 0.3) is 0 Å². The Labute approximate surface area is 156 Å². The number of carbonyl (C=O) groups excluding carboxylic acids is 2. The van der Waals surface area contributed by atoms with Gasteiger partial charge in [0.15, 0.2) is 0 Å². The largest absolute Gasteiger partial charge is 0.326 e. The van der Waals surface area contributed by atoms with Gasteiger partial charge in [-0.25, -0.2) is 5.43 Å². The van der Waals surface area contributed by atoms with Gasteiger partial charge in [0.25, 0.3) is 5.91 Å². The van der Waals surface area contributed by atoms with Crippen molar-refractivity contribution in [1.82, 2.24) is 10.3 Å². The number of hydrogen-bond donors (Lipinski definition) is 1. The number of benzene rings is 2. The van der Waals surface area contributed by atoms with Gasteiger partial charge < -0.3 is 4.90 Å². The third-order valence-electron chi connectivity index (χ3n) is 4.86. The molecule has 2 aromatic carbocycles. The van der Waals surface area contributed by atoms with Crippen molar-refractivity contribution in [1.29, 1.82) is 0 Å². The second-order valence-electron chi connectivity index (χ2n) is 6.50. The fourth-order valence-electron chi connectivity index (χ4n) is 3.62. The van der Waals surface area contributed by atoms with E-state index in [0.29, 0.717) is 23.7 Å². The second kappa shape index (κ2) is 6.92. The molecule has 26 heavy (non-hydrogen) atoms. The normalized spacial score (nSPS) is 19.4. The Bertz CT molecular complexity index is 909. The SMILES string of the molecule is O=C1CCC(C(=O)N2CCc3ccccc3C2c2cccc(Cl)c2)=NN1. The summed E-state index contributed by atoms with van der Waals surface area (Å²) in [5, 5.41) is 4.63. The molecule has 4 rings (SSSR count). The number of hydrogen-bond acceptors (Lipinski definition) is 3. The molecule has 1 N–H and O–H groups in total. The summed E-state index contributed by atoms with van der Waals surface area (Å²) in [5.41, 5.74) is 6.13. The van der Waals surface area contributed by atoms with Gasteiger partial charge in [-0.1, -0.05) is 48.0 Å². The average molecular weight is 368 g/mol. The minimum Gasteiger partial charge on any atom is -0.326 e. The van der Waals surface area contributed by atoms with E-state index in [1.54, 1.807) is 0 Å². The third kappa shape index (κ3) is 3.10. The minimum absolute atomic E-state index is 0.135.